The van der Waals surface area contributed by atoms with Crippen LogP contribution in [-0.4, -0.2) is 48.5 Å². The second-order valence-corrected chi connectivity index (χ2v) is 10.3. The standard InChI is InChI=1S/C26H31F3N8OS/c1-3-35-6-8-36(9-7-35)20-12-18(26(27,28)29)11-19(13-20)34-24(38)17-5-4-16(2)22(10-17)37(32)15-21(30)23-14-33-25(31)39-23/h4-5,10-15H,3,6-9,30,32H2,1-2H3,(H2,31,33)(H,34,38)/b21-15-. The van der Waals surface area contributed by atoms with E-state index in [0.717, 1.165) is 37.3 Å². The molecule has 3 aromatic rings. The number of nitrogen functional groups attached to an aromatic ring is 1. The lowest BCUT2D eigenvalue weighted by Crippen LogP contribution is -2.46. The minimum Gasteiger partial charge on any atom is -0.396 e. The molecule has 1 aliphatic rings. The highest BCUT2D eigenvalue weighted by Crippen LogP contribution is 2.35. The number of rotatable bonds is 7. The van der Waals surface area contributed by atoms with Crippen molar-refractivity contribution in [2.75, 3.05) is 53.7 Å². The molecule has 0 aliphatic carbocycles. The summed E-state index contributed by atoms with van der Waals surface area (Å²) in [5.74, 6) is 5.65. The van der Waals surface area contributed by atoms with E-state index in [1.165, 1.54) is 28.7 Å². The van der Waals surface area contributed by atoms with Crippen molar-refractivity contribution < 1.29 is 18.0 Å². The Hall–Kier alpha value is -3.81. The van der Waals surface area contributed by atoms with Crippen molar-refractivity contribution in [3.05, 3.63) is 70.4 Å². The summed E-state index contributed by atoms with van der Waals surface area (Å²) in [5, 5.41) is 4.26. The summed E-state index contributed by atoms with van der Waals surface area (Å²) in [7, 11) is 0. The Bertz CT molecular complexity index is 1370. The molecule has 1 saturated heterocycles. The fraction of sp³-hybridized carbons (Fsp3) is 0.308. The van der Waals surface area contributed by atoms with E-state index in [9.17, 15) is 18.0 Å². The first-order chi connectivity index (χ1) is 18.4. The molecule has 0 unspecified atom stereocenters. The van der Waals surface area contributed by atoms with Crippen LogP contribution in [0, 0.1) is 6.92 Å². The molecule has 4 rings (SSSR count). The number of anilines is 4. The number of aromatic nitrogens is 1. The van der Waals surface area contributed by atoms with Crippen LogP contribution in [0.3, 0.4) is 0 Å². The number of likely N-dealkylation sites (N-methyl/N-ethyl adjacent to an activating group) is 1. The predicted molar refractivity (Wildman–Crippen MR) is 150 cm³/mol. The number of benzene rings is 2. The Balaban J connectivity index is 1.57. The van der Waals surface area contributed by atoms with Crippen LogP contribution in [0.15, 0.2) is 48.8 Å². The van der Waals surface area contributed by atoms with Gasteiger partial charge in [-0.25, -0.2) is 10.8 Å². The highest BCUT2D eigenvalue weighted by atomic mass is 32.1. The number of aryl methyl sites for hydroxylation is 1. The summed E-state index contributed by atoms with van der Waals surface area (Å²) in [6.07, 6.45) is -1.55. The Morgan fingerprint density at radius 2 is 1.90 bits per heavy atom. The normalized spacial score (nSPS) is 14.9. The summed E-state index contributed by atoms with van der Waals surface area (Å²) in [4.78, 5) is 21.9. The van der Waals surface area contributed by atoms with Gasteiger partial charge in [-0.05, 0) is 49.4 Å². The molecule has 9 nitrogen and oxygen atoms in total. The van der Waals surface area contributed by atoms with E-state index in [-0.39, 0.29) is 11.3 Å². The zero-order chi connectivity index (χ0) is 28.3. The van der Waals surface area contributed by atoms with Gasteiger partial charge in [0.2, 0.25) is 0 Å². The van der Waals surface area contributed by atoms with Crippen molar-refractivity contribution in [2.45, 2.75) is 20.0 Å². The summed E-state index contributed by atoms with van der Waals surface area (Å²) >= 11 is 1.20. The van der Waals surface area contributed by atoms with Gasteiger partial charge in [0.1, 0.15) is 0 Å². The van der Waals surface area contributed by atoms with Crippen LogP contribution in [-0.2, 0) is 6.18 Å². The van der Waals surface area contributed by atoms with Crippen LogP contribution in [0.25, 0.3) is 5.70 Å². The lowest BCUT2D eigenvalue weighted by Gasteiger charge is -2.36. The van der Waals surface area contributed by atoms with Crippen LogP contribution < -0.4 is 32.5 Å². The molecule has 0 bridgehead atoms. The van der Waals surface area contributed by atoms with Crippen molar-refractivity contribution in [1.82, 2.24) is 9.88 Å². The monoisotopic (exact) mass is 560 g/mol. The fourth-order valence-corrected chi connectivity index (χ4v) is 4.89. The highest BCUT2D eigenvalue weighted by molar-refractivity contribution is 7.16. The molecule has 2 aromatic carbocycles. The van der Waals surface area contributed by atoms with E-state index in [1.807, 2.05) is 11.8 Å². The Morgan fingerprint density at radius 3 is 2.51 bits per heavy atom. The first-order valence-electron chi connectivity index (χ1n) is 12.3. The molecule has 1 amide bonds. The van der Waals surface area contributed by atoms with Gasteiger partial charge in [-0.3, -0.25) is 9.80 Å². The molecule has 0 saturated carbocycles. The van der Waals surface area contributed by atoms with Crippen molar-refractivity contribution in [1.29, 1.82) is 0 Å². The van der Waals surface area contributed by atoms with Crippen LogP contribution in [0.2, 0.25) is 0 Å². The number of thiazole rings is 1. The summed E-state index contributed by atoms with van der Waals surface area (Å²) in [6.45, 7) is 7.46. The molecule has 0 radical (unpaired) electrons. The van der Waals surface area contributed by atoms with Crippen molar-refractivity contribution in [3.8, 4) is 0 Å². The number of piperazine rings is 1. The lowest BCUT2D eigenvalue weighted by atomic mass is 10.1. The predicted octanol–water partition coefficient (Wildman–Crippen LogP) is 4.08. The molecule has 0 atom stereocenters. The number of carbonyl (C=O) groups excluding carboxylic acids is 1. The number of alkyl halides is 3. The zero-order valence-electron chi connectivity index (χ0n) is 21.6. The van der Waals surface area contributed by atoms with Crippen LogP contribution >= 0.6 is 11.3 Å². The van der Waals surface area contributed by atoms with Gasteiger partial charge in [0, 0.05) is 55.5 Å². The van der Waals surface area contributed by atoms with Crippen molar-refractivity contribution in [3.63, 3.8) is 0 Å². The molecule has 208 valence electrons. The summed E-state index contributed by atoms with van der Waals surface area (Å²) < 4.78 is 41.2. The van der Waals surface area contributed by atoms with Gasteiger partial charge in [0.25, 0.3) is 5.91 Å². The molecule has 13 heteroatoms. The second-order valence-electron chi connectivity index (χ2n) is 9.20. The quantitative estimate of drug-likeness (QED) is 0.251. The number of nitrogens with one attached hydrogen (secondary N) is 1. The topological polar surface area (TPSA) is 130 Å². The molecule has 2 heterocycles. The largest absolute Gasteiger partial charge is 0.416 e. The van der Waals surface area contributed by atoms with Crippen molar-refractivity contribution >= 4 is 45.1 Å². The molecule has 0 spiro atoms. The van der Waals surface area contributed by atoms with Gasteiger partial charge in [-0.1, -0.05) is 24.3 Å². The van der Waals surface area contributed by atoms with E-state index in [4.69, 9.17) is 17.3 Å². The number of hydrogen-bond acceptors (Lipinski definition) is 9. The van der Waals surface area contributed by atoms with Gasteiger partial charge in [-0.2, -0.15) is 13.2 Å². The van der Waals surface area contributed by atoms with Crippen molar-refractivity contribution in [2.24, 2.45) is 11.6 Å². The molecule has 1 fully saturated rings. The Labute approximate surface area is 228 Å². The highest BCUT2D eigenvalue weighted by Gasteiger charge is 2.32. The smallest absolute Gasteiger partial charge is 0.396 e. The number of hydrazine groups is 1. The Kier molecular flexibility index (Phi) is 8.33. The number of amides is 1. The van der Waals surface area contributed by atoms with Gasteiger partial charge in [0.05, 0.1) is 21.8 Å². The fourth-order valence-electron chi connectivity index (χ4n) is 4.29. The minimum absolute atomic E-state index is 0.0569. The number of carbonyl (C=O) groups is 1. The Morgan fingerprint density at radius 1 is 1.18 bits per heavy atom. The first-order valence-corrected chi connectivity index (χ1v) is 13.1. The van der Waals surface area contributed by atoms with Crippen LogP contribution in [0.1, 0.15) is 33.3 Å². The van der Waals surface area contributed by atoms with E-state index < -0.39 is 17.6 Å². The lowest BCUT2D eigenvalue weighted by molar-refractivity contribution is -0.137. The number of halogens is 3. The van der Waals surface area contributed by atoms with Crippen LogP contribution in [0.4, 0.5) is 35.4 Å². The van der Waals surface area contributed by atoms with Gasteiger partial charge in [0.15, 0.2) is 5.13 Å². The van der Waals surface area contributed by atoms with E-state index >= 15 is 0 Å². The van der Waals surface area contributed by atoms with Gasteiger partial charge >= 0.3 is 6.18 Å². The third kappa shape index (κ3) is 6.80. The maximum absolute atomic E-state index is 13.7. The molecular weight excluding hydrogens is 529 g/mol. The van der Waals surface area contributed by atoms with Crippen LogP contribution in [0.5, 0.6) is 0 Å². The third-order valence-electron chi connectivity index (χ3n) is 6.52. The molecule has 1 aromatic heterocycles. The third-order valence-corrected chi connectivity index (χ3v) is 7.40. The number of hydrogen-bond donors (Lipinski definition) is 4. The zero-order valence-corrected chi connectivity index (χ0v) is 22.4. The molecular formula is C26H31F3N8OS. The van der Waals surface area contributed by atoms with E-state index in [2.05, 4.69) is 22.1 Å². The molecule has 1 aliphatic heterocycles. The second kappa shape index (κ2) is 11.5. The summed E-state index contributed by atoms with van der Waals surface area (Å²) in [5.41, 5.74) is 13.2. The maximum atomic E-state index is 13.7. The minimum atomic E-state index is -4.56. The van der Waals surface area contributed by atoms with E-state index in [0.29, 0.717) is 40.2 Å². The van der Waals surface area contributed by atoms with E-state index in [1.54, 1.807) is 24.3 Å². The average molecular weight is 561 g/mol. The average Bonchev–Trinajstić information content (AvgIpc) is 3.34. The SMILES string of the molecule is CCN1CCN(c2cc(NC(=O)c3ccc(C)c(N(N)/C=C(\N)c4cnc(N)s4)c3)cc(C(F)(F)F)c2)CC1. The molecule has 7 N–H and O–H groups in total. The van der Waals surface area contributed by atoms with Gasteiger partial charge in [-0.15, -0.1) is 0 Å². The molecule has 39 heavy (non-hydrogen) atoms. The van der Waals surface area contributed by atoms with Gasteiger partial charge < -0.3 is 26.6 Å². The maximum Gasteiger partial charge on any atom is 0.416 e. The summed E-state index contributed by atoms with van der Waals surface area (Å²) in [6, 6.07) is 8.47. The number of nitrogens with two attached hydrogens (primary N) is 3. The number of nitrogens with zero attached hydrogens (tertiary/aromatic N) is 4. The first kappa shape index (κ1) is 28.2.